The molecule has 3 nitrogen and oxygen atoms in total. The molecule has 3 heteroatoms. The van der Waals surface area contributed by atoms with Crippen molar-refractivity contribution >= 4 is 0 Å². The first kappa shape index (κ1) is 16.9. The largest absolute Gasteiger partial charge is 0.383 e. The van der Waals surface area contributed by atoms with Gasteiger partial charge in [0.25, 0.3) is 0 Å². The molecule has 0 aliphatic heterocycles. The number of nitrogens with two attached hydrogens (primary N) is 1. The SMILES string of the molecule is COCCN(CC(C)C)C1(CN)CCCCCCC1. The fourth-order valence-electron chi connectivity index (χ4n) is 3.38. The van der Waals surface area contributed by atoms with Crippen molar-refractivity contribution < 1.29 is 4.74 Å². The minimum atomic E-state index is 0.225. The van der Waals surface area contributed by atoms with Crippen LogP contribution in [0.3, 0.4) is 0 Å². The second-order valence-corrected chi connectivity index (χ2v) is 6.53. The van der Waals surface area contributed by atoms with E-state index in [1.807, 2.05) is 0 Å². The van der Waals surface area contributed by atoms with Crippen molar-refractivity contribution in [3.8, 4) is 0 Å². The smallest absolute Gasteiger partial charge is 0.0589 e. The fourth-order valence-corrected chi connectivity index (χ4v) is 3.38. The lowest BCUT2D eigenvalue weighted by Gasteiger charge is -2.45. The molecule has 0 spiro atoms. The van der Waals surface area contributed by atoms with Gasteiger partial charge in [0, 0.05) is 32.3 Å². The van der Waals surface area contributed by atoms with E-state index in [2.05, 4.69) is 18.7 Å². The monoisotopic (exact) mass is 270 g/mol. The first-order valence-corrected chi connectivity index (χ1v) is 8.08. The molecule has 1 saturated carbocycles. The van der Waals surface area contributed by atoms with Gasteiger partial charge >= 0.3 is 0 Å². The number of hydrogen-bond acceptors (Lipinski definition) is 3. The molecule has 19 heavy (non-hydrogen) atoms. The highest BCUT2D eigenvalue weighted by Crippen LogP contribution is 2.31. The average Bonchev–Trinajstić information content (AvgIpc) is 2.35. The summed E-state index contributed by atoms with van der Waals surface area (Å²) >= 11 is 0. The van der Waals surface area contributed by atoms with Crippen molar-refractivity contribution in [3.63, 3.8) is 0 Å². The van der Waals surface area contributed by atoms with E-state index in [4.69, 9.17) is 10.5 Å². The molecule has 0 amide bonds. The van der Waals surface area contributed by atoms with E-state index in [1.54, 1.807) is 7.11 Å². The summed E-state index contributed by atoms with van der Waals surface area (Å²) < 4.78 is 5.31. The summed E-state index contributed by atoms with van der Waals surface area (Å²) in [5, 5.41) is 0. The lowest BCUT2D eigenvalue weighted by atomic mass is 9.82. The van der Waals surface area contributed by atoms with Crippen LogP contribution >= 0.6 is 0 Å². The molecule has 0 unspecified atom stereocenters. The van der Waals surface area contributed by atoms with Crippen molar-refractivity contribution in [2.45, 2.75) is 64.3 Å². The molecule has 2 N–H and O–H groups in total. The van der Waals surface area contributed by atoms with Gasteiger partial charge < -0.3 is 10.5 Å². The number of methoxy groups -OCH3 is 1. The van der Waals surface area contributed by atoms with Gasteiger partial charge in [0.15, 0.2) is 0 Å². The normalized spacial score (nSPS) is 20.5. The Bertz CT molecular complexity index is 223. The zero-order chi connectivity index (χ0) is 14.1. The van der Waals surface area contributed by atoms with Gasteiger partial charge in [-0.15, -0.1) is 0 Å². The van der Waals surface area contributed by atoms with Gasteiger partial charge in [-0.1, -0.05) is 46.0 Å². The Kier molecular flexibility index (Phi) is 7.96. The third-order valence-electron chi connectivity index (χ3n) is 4.49. The van der Waals surface area contributed by atoms with Gasteiger partial charge in [0.1, 0.15) is 0 Å². The maximum absolute atomic E-state index is 6.22. The summed E-state index contributed by atoms with van der Waals surface area (Å²) in [6.07, 6.45) is 9.35. The molecular weight excluding hydrogens is 236 g/mol. The van der Waals surface area contributed by atoms with E-state index in [1.165, 1.54) is 44.9 Å². The Balaban J connectivity index is 2.76. The highest BCUT2D eigenvalue weighted by Gasteiger charge is 2.35. The van der Waals surface area contributed by atoms with E-state index in [0.29, 0.717) is 5.92 Å². The summed E-state index contributed by atoms with van der Waals surface area (Å²) in [7, 11) is 1.79. The number of ether oxygens (including phenoxy) is 1. The molecule has 0 aromatic rings. The highest BCUT2D eigenvalue weighted by atomic mass is 16.5. The standard InChI is InChI=1S/C16H34N2O/c1-15(2)13-18(11-12-19-3)16(14-17)9-7-5-4-6-8-10-16/h15H,4-14,17H2,1-3H3. The third kappa shape index (κ3) is 5.41. The second kappa shape index (κ2) is 8.93. The van der Waals surface area contributed by atoms with Crippen LogP contribution < -0.4 is 5.73 Å². The van der Waals surface area contributed by atoms with E-state index in [0.717, 1.165) is 26.2 Å². The molecule has 1 aliphatic rings. The number of hydrogen-bond donors (Lipinski definition) is 1. The van der Waals surface area contributed by atoms with Gasteiger partial charge in [-0.25, -0.2) is 0 Å². The first-order valence-electron chi connectivity index (χ1n) is 8.08. The topological polar surface area (TPSA) is 38.5 Å². The van der Waals surface area contributed by atoms with Crippen LogP contribution in [0.4, 0.5) is 0 Å². The number of nitrogens with zero attached hydrogens (tertiary/aromatic N) is 1. The van der Waals surface area contributed by atoms with Gasteiger partial charge in [-0.2, -0.15) is 0 Å². The van der Waals surface area contributed by atoms with Gasteiger partial charge in [0.05, 0.1) is 6.61 Å². The van der Waals surface area contributed by atoms with Crippen LogP contribution in [0.2, 0.25) is 0 Å². The van der Waals surface area contributed by atoms with Crippen molar-refractivity contribution in [3.05, 3.63) is 0 Å². The molecule has 0 radical (unpaired) electrons. The predicted molar refractivity (Wildman–Crippen MR) is 82.4 cm³/mol. The van der Waals surface area contributed by atoms with Crippen LogP contribution in [0.25, 0.3) is 0 Å². The predicted octanol–water partition coefficient (Wildman–Crippen LogP) is 3.03. The number of rotatable bonds is 7. The zero-order valence-corrected chi connectivity index (χ0v) is 13.3. The molecule has 0 aromatic heterocycles. The van der Waals surface area contributed by atoms with Crippen LogP contribution in [-0.2, 0) is 4.74 Å². The maximum Gasteiger partial charge on any atom is 0.0589 e. The molecule has 1 aliphatic carbocycles. The van der Waals surface area contributed by atoms with E-state index < -0.39 is 0 Å². The fraction of sp³-hybridized carbons (Fsp3) is 1.00. The second-order valence-electron chi connectivity index (χ2n) is 6.53. The molecule has 0 heterocycles. The van der Waals surface area contributed by atoms with Gasteiger partial charge in [-0.3, -0.25) is 4.90 Å². The van der Waals surface area contributed by atoms with Crippen LogP contribution in [0.15, 0.2) is 0 Å². The Morgan fingerprint density at radius 3 is 2.16 bits per heavy atom. The van der Waals surface area contributed by atoms with Gasteiger partial charge in [-0.05, 0) is 18.8 Å². The first-order chi connectivity index (χ1) is 9.14. The van der Waals surface area contributed by atoms with Crippen LogP contribution in [0.1, 0.15) is 58.8 Å². The molecule has 1 fully saturated rings. The zero-order valence-electron chi connectivity index (χ0n) is 13.3. The van der Waals surface area contributed by atoms with Crippen molar-refractivity contribution in [1.82, 2.24) is 4.90 Å². The quantitative estimate of drug-likeness (QED) is 0.773. The maximum atomic E-state index is 6.22. The molecule has 114 valence electrons. The lowest BCUT2D eigenvalue weighted by molar-refractivity contribution is 0.0318. The van der Waals surface area contributed by atoms with Gasteiger partial charge in [0.2, 0.25) is 0 Å². The molecule has 0 atom stereocenters. The van der Waals surface area contributed by atoms with Crippen LogP contribution in [-0.4, -0.2) is 43.8 Å². The highest BCUT2D eigenvalue weighted by molar-refractivity contribution is 4.93. The Labute approximate surface area is 119 Å². The Hall–Kier alpha value is -0.120. The van der Waals surface area contributed by atoms with Crippen molar-refractivity contribution in [2.75, 3.05) is 33.4 Å². The average molecular weight is 270 g/mol. The van der Waals surface area contributed by atoms with Crippen LogP contribution in [0, 0.1) is 5.92 Å². The summed E-state index contributed by atoms with van der Waals surface area (Å²) in [4.78, 5) is 2.63. The molecular formula is C16H34N2O. The Morgan fingerprint density at radius 2 is 1.68 bits per heavy atom. The van der Waals surface area contributed by atoms with E-state index in [9.17, 15) is 0 Å². The molecule has 0 bridgehead atoms. The summed E-state index contributed by atoms with van der Waals surface area (Å²) in [5.74, 6) is 0.686. The van der Waals surface area contributed by atoms with E-state index >= 15 is 0 Å². The summed E-state index contributed by atoms with van der Waals surface area (Å²) in [6.45, 7) is 8.37. The van der Waals surface area contributed by atoms with Crippen LogP contribution in [0.5, 0.6) is 0 Å². The molecule has 0 aromatic carbocycles. The molecule has 1 rings (SSSR count). The minimum absolute atomic E-state index is 0.225. The Morgan fingerprint density at radius 1 is 1.11 bits per heavy atom. The summed E-state index contributed by atoms with van der Waals surface area (Å²) in [5.41, 5.74) is 6.45. The minimum Gasteiger partial charge on any atom is -0.383 e. The van der Waals surface area contributed by atoms with Crippen molar-refractivity contribution in [1.29, 1.82) is 0 Å². The lowest BCUT2D eigenvalue weighted by Crippen LogP contribution is -2.56. The third-order valence-corrected chi connectivity index (χ3v) is 4.49. The molecule has 0 saturated heterocycles. The summed E-state index contributed by atoms with van der Waals surface area (Å²) in [6, 6.07) is 0. The van der Waals surface area contributed by atoms with Crippen molar-refractivity contribution in [2.24, 2.45) is 11.7 Å². The van der Waals surface area contributed by atoms with E-state index in [-0.39, 0.29) is 5.54 Å².